The van der Waals surface area contributed by atoms with E-state index in [9.17, 15) is 24.5 Å². The van der Waals surface area contributed by atoms with Crippen molar-refractivity contribution in [3.05, 3.63) is 45.5 Å². The molecule has 212 valence electrons. The standard InChI is InChI=1S/C28H43N3O7/c1-10-30(11-2)23(19-16-14-15-17-20(19)31(35)36)21(25(33)37-12-3)22(26(34)38-13-4)24(32)29-28(8,9)18-27(5,6)7/h14-17,22H,10-13,18H2,1-9H3,(H,29,32)/b23-21-. The van der Waals surface area contributed by atoms with Crippen molar-refractivity contribution in [2.24, 2.45) is 11.3 Å². The van der Waals surface area contributed by atoms with Crippen LogP contribution in [-0.2, 0) is 23.9 Å². The van der Waals surface area contributed by atoms with Gasteiger partial charge in [-0.25, -0.2) is 4.79 Å². The number of carbonyl (C=O) groups excluding carboxylic acids is 3. The first-order chi connectivity index (χ1) is 17.6. The normalized spacial score (nSPS) is 13.2. The molecular formula is C28H43N3O7. The molecule has 0 radical (unpaired) electrons. The summed E-state index contributed by atoms with van der Waals surface area (Å²) in [6.45, 7) is 17.2. The third-order valence-corrected chi connectivity index (χ3v) is 5.69. The van der Waals surface area contributed by atoms with Crippen LogP contribution in [0.1, 0.15) is 74.3 Å². The molecule has 1 atom stereocenters. The molecule has 0 aromatic heterocycles. The Balaban J connectivity index is 4.11. The quantitative estimate of drug-likeness (QED) is 0.127. The highest BCUT2D eigenvalue weighted by molar-refractivity contribution is 6.13. The van der Waals surface area contributed by atoms with Crippen LogP contribution in [0, 0.1) is 21.4 Å². The molecule has 1 N–H and O–H groups in total. The van der Waals surface area contributed by atoms with Crippen LogP contribution in [0.25, 0.3) is 5.70 Å². The number of hydrogen-bond donors (Lipinski definition) is 1. The Labute approximate surface area is 225 Å². The van der Waals surface area contributed by atoms with Crippen LogP contribution in [0.15, 0.2) is 29.8 Å². The van der Waals surface area contributed by atoms with E-state index < -0.39 is 34.2 Å². The Hall–Kier alpha value is -3.43. The average Bonchev–Trinajstić information content (AvgIpc) is 2.79. The zero-order chi connectivity index (χ0) is 29.3. The summed E-state index contributed by atoms with van der Waals surface area (Å²) in [6, 6.07) is 5.92. The maximum atomic E-state index is 13.9. The first kappa shape index (κ1) is 32.6. The first-order valence-corrected chi connectivity index (χ1v) is 13.0. The Morgan fingerprint density at radius 1 is 0.974 bits per heavy atom. The molecule has 1 aromatic carbocycles. The van der Waals surface area contributed by atoms with Crippen LogP contribution in [0.2, 0.25) is 0 Å². The van der Waals surface area contributed by atoms with Gasteiger partial charge >= 0.3 is 11.9 Å². The molecule has 0 fully saturated rings. The molecule has 0 spiro atoms. The number of nitrogens with one attached hydrogen (secondary N) is 1. The van der Waals surface area contributed by atoms with Crippen molar-refractivity contribution in [1.29, 1.82) is 0 Å². The number of para-hydroxylation sites is 1. The SMILES string of the molecule is CCOC(=O)/C(=C(/c1ccccc1[N+](=O)[O-])N(CC)CC)C(C(=O)NC(C)(C)CC(C)(C)C)C(=O)OCC. The van der Waals surface area contributed by atoms with Gasteiger partial charge in [0.05, 0.1) is 35.0 Å². The average molecular weight is 534 g/mol. The van der Waals surface area contributed by atoms with Crippen molar-refractivity contribution in [2.75, 3.05) is 26.3 Å². The van der Waals surface area contributed by atoms with Gasteiger partial charge in [-0.05, 0) is 59.4 Å². The van der Waals surface area contributed by atoms with Crippen molar-refractivity contribution >= 4 is 29.2 Å². The van der Waals surface area contributed by atoms with Gasteiger partial charge in [0.2, 0.25) is 5.91 Å². The lowest BCUT2D eigenvalue weighted by Gasteiger charge is -2.35. The maximum absolute atomic E-state index is 13.9. The van der Waals surface area contributed by atoms with Crippen LogP contribution >= 0.6 is 0 Å². The Kier molecular flexibility index (Phi) is 11.9. The Bertz CT molecular complexity index is 1040. The van der Waals surface area contributed by atoms with Crippen molar-refractivity contribution in [1.82, 2.24) is 10.2 Å². The predicted molar refractivity (Wildman–Crippen MR) is 146 cm³/mol. The highest BCUT2D eigenvalue weighted by atomic mass is 16.6. The summed E-state index contributed by atoms with van der Waals surface area (Å²) in [5, 5.41) is 14.9. The van der Waals surface area contributed by atoms with Gasteiger partial charge in [0, 0.05) is 24.7 Å². The molecule has 0 aliphatic heterocycles. The molecule has 0 heterocycles. The summed E-state index contributed by atoms with van der Waals surface area (Å²) in [7, 11) is 0. The van der Waals surface area contributed by atoms with Crippen molar-refractivity contribution in [3.8, 4) is 0 Å². The summed E-state index contributed by atoms with van der Waals surface area (Å²) in [4.78, 5) is 53.9. The lowest BCUT2D eigenvalue weighted by atomic mass is 9.81. The Morgan fingerprint density at radius 2 is 1.53 bits per heavy atom. The van der Waals surface area contributed by atoms with E-state index in [1.807, 2.05) is 48.5 Å². The zero-order valence-electron chi connectivity index (χ0n) is 24.2. The number of ether oxygens (including phenoxy) is 2. The minimum Gasteiger partial charge on any atom is -0.465 e. The van der Waals surface area contributed by atoms with Crippen molar-refractivity contribution in [2.45, 2.75) is 74.3 Å². The van der Waals surface area contributed by atoms with Crippen LogP contribution in [0.4, 0.5) is 5.69 Å². The molecule has 10 heteroatoms. The fraction of sp³-hybridized carbons (Fsp3) is 0.607. The molecule has 0 aliphatic rings. The fourth-order valence-electron chi connectivity index (χ4n) is 4.78. The van der Waals surface area contributed by atoms with E-state index in [0.29, 0.717) is 19.5 Å². The van der Waals surface area contributed by atoms with Crippen LogP contribution < -0.4 is 5.32 Å². The van der Waals surface area contributed by atoms with Gasteiger partial charge in [-0.1, -0.05) is 32.9 Å². The molecule has 0 bridgehead atoms. The van der Waals surface area contributed by atoms with Crippen LogP contribution in [0.3, 0.4) is 0 Å². The molecule has 10 nitrogen and oxygen atoms in total. The number of nitro benzene ring substituents is 1. The molecule has 1 unspecified atom stereocenters. The van der Waals surface area contributed by atoms with E-state index in [1.165, 1.54) is 18.2 Å². The molecule has 0 saturated carbocycles. The molecular weight excluding hydrogens is 490 g/mol. The third-order valence-electron chi connectivity index (χ3n) is 5.69. The molecule has 1 amide bonds. The van der Waals surface area contributed by atoms with Crippen molar-refractivity contribution < 1.29 is 28.8 Å². The van der Waals surface area contributed by atoms with Gasteiger partial charge < -0.3 is 19.7 Å². The maximum Gasteiger partial charge on any atom is 0.337 e. The molecule has 0 saturated heterocycles. The summed E-state index contributed by atoms with van der Waals surface area (Å²) in [5.74, 6) is -4.33. The van der Waals surface area contributed by atoms with Gasteiger partial charge in [-0.15, -0.1) is 0 Å². The lowest BCUT2D eigenvalue weighted by molar-refractivity contribution is -0.385. The molecule has 38 heavy (non-hydrogen) atoms. The number of nitrogens with zero attached hydrogens (tertiary/aromatic N) is 2. The predicted octanol–water partition coefficient (Wildman–Crippen LogP) is 4.72. The fourth-order valence-corrected chi connectivity index (χ4v) is 4.78. The number of esters is 2. The summed E-state index contributed by atoms with van der Waals surface area (Å²) >= 11 is 0. The zero-order valence-corrected chi connectivity index (χ0v) is 24.2. The number of amides is 1. The highest BCUT2D eigenvalue weighted by Crippen LogP contribution is 2.35. The van der Waals surface area contributed by atoms with Gasteiger partial charge in [-0.3, -0.25) is 19.7 Å². The number of nitro groups is 1. The largest absolute Gasteiger partial charge is 0.465 e. The number of benzene rings is 1. The Morgan fingerprint density at radius 3 is 2.00 bits per heavy atom. The topological polar surface area (TPSA) is 128 Å². The van der Waals surface area contributed by atoms with Gasteiger partial charge in [0.15, 0.2) is 5.92 Å². The second-order valence-corrected chi connectivity index (χ2v) is 10.7. The van der Waals surface area contributed by atoms with Crippen molar-refractivity contribution in [3.63, 3.8) is 0 Å². The minimum absolute atomic E-state index is 0.0303. The number of rotatable bonds is 13. The number of hydrogen-bond acceptors (Lipinski definition) is 8. The second kappa shape index (κ2) is 13.9. The van der Waals surface area contributed by atoms with E-state index in [4.69, 9.17) is 9.47 Å². The summed E-state index contributed by atoms with van der Waals surface area (Å²) in [6.07, 6.45) is 0.576. The van der Waals surface area contributed by atoms with Crippen LogP contribution in [-0.4, -0.2) is 59.5 Å². The third kappa shape index (κ3) is 8.85. The van der Waals surface area contributed by atoms with E-state index in [-0.39, 0.29) is 41.1 Å². The second-order valence-electron chi connectivity index (χ2n) is 10.7. The van der Waals surface area contributed by atoms with E-state index in [2.05, 4.69) is 5.32 Å². The lowest BCUT2D eigenvalue weighted by Crippen LogP contribution is -2.51. The summed E-state index contributed by atoms with van der Waals surface area (Å²) < 4.78 is 10.6. The van der Waals surface area contributed by atoms with Gasteiger partial charge in [-0.2, -0.15) is 0 Å². The molecule has 1 aromatic rings. The van der Waals surface area contributed by atoms with Gasteiger partial charge in [0.25, 0.3) is 5.69 Å². The number of carbonyl (C=O) groups is 3. The monoisotopic (exact) mass is 533 g/mol. The van der Waals surface area contributed by atoms with Crippen LogP contribution in [0.5, 0.6) is 0 Å². The molecule has 1 rings (SSSR count). The smallest absolute Gasteiger partial charge is 0.337 e. The van der Waals surface area contributed by atoms with E-state index >= 15 is 0 Å². The highest BCUT2D eigenvalue weighted by Gasteiger charge is 2.43. The summed E-state index contributed by atoms with van der Waals surface area (Å²) in [5.41, 5.74) is -1.27. The first-order valence-electron chi connectivity index (χ1n) is 13.0. The van der Waals surface area contributed by atoms with E-state index in [0.717, 1.165) is 0 Å². The minimum atomic E-state index is -1.72. The molecule has 0 aliphatic carbocycles. The van der Waals surface area contributed by atoms with E-state index in [1.54, 1.807) is 24.8 Å². The van der Waals surface area contributed by atoms with Gasteiger partial charge in [0.1, 0.15) is 0 Å².